The van der Waals surface area contributed by atoms with Crippen LogP contribution in [0, 0.1) is 6.92 Å². The molecule has 0 aliphatic carbocycles. The summed E-state index contributed by atoms with van der Waals surface area (Å²) < 4.78 is 15.8. The van der Waals surface area contributed by atoms with Gasteiger partial charge in [0, 0.05) is 12.8 Å². The minimum atomic E-state index is -0.201. The molecule has 1 N–H and O–H groups in total. The Morgan fingerprint density at radius 2 is 1.83 bits per heavy atom. The van der Waals surface area contributed by atoms with Crippen LogP contribution in [-0.2, 0) is 14.3 Å². The summed E-state index contributed by atoms with van der Waals surface area (Å²) in [5, 5.41) is 2.76. The standard InChI is InChI=1S/C18H21NO4/c1-14-4-3-5-17(12-14)23-16-8-6-15(7-9-16)19-18(20)13-22-11-10-21-2/h3-9,12H,10-11,13H2,1-2H3,(H,19,20). The molecule has 2 rings (SSSR count). The van der Waals surface area contributed by atoms with E-state index < -0.39 is 0 Å². The van der Waals surface area contributed by atoms with Crippen LogP contribution < -0.4 is 10.1 Å². The van der Waals surface area contributed by atoms with Crippen molar-refractivity contribution >= 4 is 11.6 Å². The number of methoxy groups -OCH3 is 1. The molecule has 0 aromatic heterocycles. The fraction of sp³-hybridized carbons (Fsp3) is 0.278. The first-order chi connectivity index (χ1) is 11.2. The normalized spacial score (nSPS) is 10.3. The molecule has 23 heavy (non-hydrogen) atoms. The van der Waals surface area contributed by atoms with E-state index >= 15 is 0 Å². The molecule has 0 saturated heterocycles. The fourth-order valence-corrected chi connectivity index (χ4v) is 1.93. The van der Waals surface area contributed by atoms with Crippen LogP contribution in [0.25, 0.3) is 0 Å². The zero-order valence-corrected chi connectivity index (χ0v) is 13.4. The second-order valence-electron chi connectivity index (χ2n) is 5.04. The number of ether oxygens (including phenoxy) is 3. The Morgan fingerprint density at radius 1 is 1.04 bits per heavy atom. The predicted octanol–water partition coefficient (Wildman–Crippen LogP) is 3.39. The van der Waals surface area contributed by atoms with Crippen molar-refractivity contribution < 1.29 is 19.0 Å². The predicted molar refractivity (Wildman–Crippen MR) is 89.0 cm³/mol. The Hall–Kier alpha value is -2.37. The van der Waals surface area contributed by atoms with Crippen LogP contribution in [0.2, 0.25) is 0 Å². The van der Waals surface area contributed by atoms with E-state index in [9.17, 15) is 4.79 Å². The summed E-state index contributed by atoms with van der Waals surface area (Å²) in [5.74, 6) is 1.30. The molecule has 2 aromatic rings. The topological polar surface area (TPSA) is 56.8 Å². The van der Waals surface area contributed by atoms with Crippen molar-refractivity contribution in [1.82, 2.24) is 0 Å². The third kappa shape index (κ3) is 6.10. The summed E-state index contributed by atoms with van der Waals surface area (Å²) in [5.41, 5.74) is 1.83. The molecular formula is C18H21NO4. The van der Waals surface area contributed by atoms with Crippen molar-refractivity contribution in [3.63, 3.8) is 0 Å². The molecule has 0 aliphatic heterocycles. The molecule has 5 heteroatoms. The molecule has 0 saturated carbocycles. The van der Waals surface area contributed by atoms with Gasteiger partial charge in [-0.2, -0.15) is 0 Å². The van der Waals surface area contributed by atoms with Gasteiger partial charge in [-0.3, -0.25) is 4.79 Å². The number of carbonyl (C=O) groups excluding carboxylic acids is 1. The quantitative estimate of drug-likeness (QED) is 0.759. The zero-order chi connectivity index (χ0) is 16.5. The summed E-state index contributed by atoms with van der Waals surface area (Å²) in [7, 11) is 1.59. The lowest BCUT2D eigenvalue weighted by molar-refractivity contribution is -0.121. The molecule has 122 valence electrons. The molecule has 5 nitrogen and oxygen atoms in total. The van der Waals surface area contributed by atoms with E-state index in [1.165, 1.54) is 0 Å². The molecule has 0 unspecified atom stereocenters. The summed E-state index contributed by atoms with van der Waals surface area (Å²) in [6, 6.07) is 15.0. The molecule has 1 amide bonds. The van der Waals surface area contributed by atoms with Gasteiger partial charge in [-0.15, -0.1) is 0 Å². The van der Waals surface area contributed by atoms with Crippen LogP contribution >= 0.6 is 0 Å². The Morgan fingerprint density at radius 3 is 2.52 bits per heavy atom. The van der Waals surface area contributed by atoms with Gasteiger partial charge in [0.2, 0.25) is 5.91 Å². The summed E-state index contributed by atoms with van der Waals surface area (Å²) in [6.45, 7) is 2.89. The number of hydrogen-bond acceptors (Lipinski definition) is 4. The third-order valence-corrected chi connectivity index (χ3v) is 3.03. The van der Waals surface area contributed by atoms with E-state index in [2.05, 4.69) is 5.32 Å². The second kappa shape index (κ2) is 8.92. The van der Waals surface area contributed by atoms with Gasteiger partial charge in [0.1, 0.15) is 18.1 Å². The fourth-order valence-electron chi connectivity index (χ4n) is 1.93. The van der Waals surface area contributed by atoms with Crippen molar-refractivity contribution in [3.8, 4) is 11.5 Å². The first kappa shape index (κ1) is 17.0. The molecule has 0 atom stereocenters. The molecule has 0 heterocycles. The van der Waals surface area contributed by atoms with Crippen LogP contribution in [0.4, 0.5) is 5.69 Å². The van der Waals surface area contributed by atoms with Gasteiger partial charge in [0.25, 0.3) is 0 Å². The van der Waals surface area contributed by atoms with Crippen LogP contribution in [-0.4, -0.2) is 32.8 Å². The minimum Gasteiger partial charge on any atom is -0.457 e. The SMILES string of the molecule is COCCOCC(=O)Nc1ccc(Oc2cccc(C)c2)cc1. The van der Waals surface area contributed by atoms with Gasteiger partial charge in [-0.25, -0.2) is 0 Å². The monoisotopic (exact) mass is 315 g/mol. The van der Waals surface area contributed by atoms with Gasteiger partial charge in [-0.1, -0.05) is 12.1 Å². The van der Waals surface area contributed by atoms with E-state index in [0.29, 0.717) is 24.7 Å². The highest BCUT2D eigenvalue weighted by molar-refractivity contribution is 5.91. The third-order valence-electron chi connectivity index (χ3n) is 3.03. The lowest BCUT2D eigenvalue weighted by atomic mass is 10.2. The van der Waals surface area contributed by atoms with E-state index in [-0.39, 0.29) is 12.5 Å². The number of benzene rings is 2. The molecule has 2 aromatic carbocycles. The van der Waals surface area contributed by atoms with E-state index in [0.717, 1.165) is 11.3 Å². The number of nitrogens with one attached hydrogen (secondary N) is 1. The first-order valence-electron chi connectivity index (χ1n) is 7.38. The summed E-state index contributed by atoms with van der Waals surface area (Å²) in [4.78, 5) is 11.7. The molecule has 0 bridgehead atoms. The van der Waals surface area contributed by atoms with Crippen molar-refractivity contribution in [2.45, 2.75) is 6.92 Å². The lowest BCUT2D eigenvalue weighted by Gasteiger charge is -2.09. The largest absolute Gasteiger partial charge is 0.457 e. The summed E-state index contributed by atoms with van der Waals surface area (Å²) >= 11 is 0. The average Bonchev–Trinajstić information content (AvgIpc) is 2.54. The highest BCUT2D eigenvalue weighted by Gasteiger charge is 2.03. The van der Waals surface area contributed by atoms with Crippen molar-refractivity contribution in [2.24, 2.45) is 0 Å². The van der Waals surface area contributed by atoms with Crippen molar-refractivity contribution in [3.05, 3.63) is 54.1 Å². The maximum atomic E-state index is 11.7. The van der Waals surface area contributed by atoms with Gasteiger partial charge in [0.15, 0.2) is 0 Å². The van der Waals surface area contributed by atoms with E-state index in [4.69, 9.17) is 14.2 Å². The minimum absolute atomic E-state index is 0.00486. The highest BCUT2D eigenvalue weighted by atomic mass is 16.5. The van der Waals surface area contributed by atoms with Crippen LogP contribution in [0.3, 0.4) is 0 Å². The number of carbonyl (C=O) groups is 1. The number of amides is 1. The first-order valence-corrected chi connectivity index (χ1v) is 7.38. The Balaban J connectivity index is 1.83. The number of rotatable bonds is 8. The smallest absolute Gasteiger partial charge is 0.250 e. The van der Waals surface area contributed by atoms with E-state index in [1.807, 2.05) is 43.3 Å². The van der Waals surface area contributed by atoms with Gasteiger partial charge >= 0.3 is 0 Å². The van der Waals surface area contributed by atoms with Crippen LogP contribution in [0.15, 0.2) is 48.5 Å². The van der Waals surface area contributed by atoms with Crippen LogP contribution in [0.1, 0.15) is 5.56 Å². The van der Waals surface area contributed by atoms with Gasteiger partial charge in [-0.05, 0) is 48.9 Å². The Kier molecular flexibility index (Phi) is 6.59. The molecule has 0 fully saturated rings. The Bertz CT molecular complexity index is 625. The number of hydrogen-bond donors (Lipinski definition) is 1. The van der Waals surface area contributed by atoms with E-state index in [1.54, 1.807) is 19.2 Å². The second-order valence-corrected chi connectivity index (χ2v) is 5.04. The molecular weight excluding hydrogens is 294 g/mol. The van der Waals surface area contributed by atoms with Crippen molar-refractivity contribution in [1.29, 1.82) is 0 Å². The molecule has 0 radical (unpaired) electrons. The number of anilines is 1. The maximum absolute atomic E-state index is 11.7. The van der Waals surface area contributed by atoms with Gasteiger partial charge in [0.05, 0.1) is 13.2 Å². The zero-order valence-electron chi connectivity index (χ0n) is 13.4. The van der Waals surface area contributed by atoms with Crippen molar-refractivity contribution in [2.75, 3.05) is 32.2 Å². The molecule has 0 spiro atoms. The molecule has 0 aliphatic rings. The highest BCUT2D eigenvalue weighted by Crippen LogP contribution is 2.23. The summed E-state index contributed by atoms with van der Waals surface area (Å²) in [6.07, 6.45) is 0. The lowest BCUT2D eigenvalue weighted by Crippen LogP contribution is -2.19. The number of aryl methyl sites for hydroxylation is 1. The van der Waals surface area contributed by atoms with Gasteiger partial charge < -0.3 is 19.5 Å². The Labute approximate surface area is 136 Å². The maximum Gasteiger partial charge on any atom is 0.250 e. The average molecular weight is 315 g/mol. The van der Waals surface area contributed by atoms with Crippen LogP contribution in [0.5, 0.6) is 11.5 Å².